The van der Waals surface area contributed by atoms with Crippen LogP contribution in [0.3, 0.4) is 0 Å². The molecule has 0 saturated heterocycles. The molecule has 0 saturated carbocycles. The molecule has 1 aromatic heterocycles. The fourth-order valence-electron chi connectivity index (χ4n) is 4.12. The standard InChI is InChI=1S/C32H33N3O4S/c1-30(2,3)38-28(37)31(4,5)39-35-26(21-36)27-22-40-29(33-27)34-32(23-15-9-6-10-16-23,24-17-11-7-12-18-24)25-19-13-8-14-20-25/h6-22H,1-5H3,(H,33,34). The molecule has 3 aromatic carbocycles. The van der Waals surface area contributed by atoms with Gasteiger partial charge in [-0.3, -0.25) is 4.79 Å². The summed E-state index contributed by atoms with van der Waals surface area (Å²) in [5.41, 5.74) is 0.500. The van der Waals surface area contributed by atoms with Gasteiger partial charge in [-0.25, -0.2) is 9.78 Å². The molecule has 40 heavy (non-hydrogen) atoms. The highest BCUT2D eigenvalue weighted by Gasteiger charge is 2.38. The van der Waals surface area contributed by atoms with Crippen LogP contribution in [0.4, 0.5) is 5.13 Å². The Hall–Kier alpha value is -4.30. The van der Waals surface area contributed by atoms with E-state index >= 15 is 0 Å². The van der Waals surface area contributed by atoms with Gasteiger partial charge >= 0.3 is 5.97 Å². The quantitative estimate of drug-likeness (QED) is 0.0781. The summed E-state index contributed by atoms with van der Waals surface area (Å²) in [6.07, 6.45) is 0.558. The van der Waals surface area contributed by atoms with E-state index in [1.165, 1.54) is 25.2 Å². The number of carbonyl (C=O) groups is 2. The predicted octanol–water partition coefficient (Wildman–Crippen LogP) is 6.59. The van der Waals surface area contributed by atoms with Crippen molar-refractivity contribution in [1.29, 1.82) is 0 Å². The van der Waals surface area contributed by atoms with E-state index in [2.05, 4.69) is 46.9 Å². The van der Waals surface area contributed by atoms with Crippen molar-refractivity contribution in [3.8, 4) is 0 Å². The summed E-state index contributed by atoms with van der Waals surface area (Å²) in [5, 5.41) is 9.97. The number of hydrogen-bond donors (Lipinski definition) is 1. The zero-order valence-corrected chi connectivity index (χ0v) is 24.1. The van der Waals surface area contributed by atoms with E-state index in [-0.39, 0.29) is 5.71 Å². The van der Waals surface area contributed by atoms with Gasteiger partial charge in [0.25, 0.3) is 0 Å². The SMILES string of the molecule is CC(C)(C)OC(=O)C(C)(C)ON=C(C=O)c1csc(NC(c2ccccc2)(c2ccccc2)c2ccccc2)n1. The van der Waals surface area contributed by atoms with Crippen molar-refractivity contribution >= 4 is 34.4 Å². The summed E-state index contributed by atoms with van der Waals surface area (Å²) in [5.74, 6) is -0.590. The van der Waals surface area contributed by atoms with E-state index in [4.69, 9.17) is 14.6 Å². The molecule has 1 N–H and O–H groups in total. The monoisotopic (exact) mass is 555 g/mol. The van der Waals surface area contributed by atoms with Crippen molar-refractivity contribution in [1.82, 2.24) is 4.98 Å². The molecular formula is C32H33N3O4S. The number of aldehydes is 1. The lowest BCUT2D eigenvalue weighted by Crippen LogP contribution is -2.40. The molecule has 4 rings (SSSR count). The summed E-state index contributed by atoms with van der Waals surface area (Å²) in [4.78, 5) is 34.7. The van der Waals surface area contributed by atoms with Gasteiger partial charge in [-0.2, -0.15) is 0 Å². The average Bonchev–Trinajstić information content (AvgIpc) is 3.40. The summed E-state index contributed by atoms with van der Waals surface area (Å²) in [6.45, 7) is 8.38. The van der Waals surface area contributed by atoms with Gasteiger partial charge in [-0.15, -0.1) is 11.3 Å². The van der Waals surface area contributed by atoms with Crippen molar-refractivity contribution in [2.45, 2.75) is 51.4 Å². The van der Waals surface area contributed by atoms with Crippen LogP contribution in [-0.4, -0.2) is 34.2 Å². The van der Waals surface area contributed by atoms with Crippen LogP contribution in [0.15, 0.2) is 102 Å². The number of anilines is 1. The number of oxime groups is 1. The van der Waals surface area contributed by atoms with Crippen molar-refractivity contribution in [3.05, 3.63) is 119 Å². The van der Waals surface area contributed by atoms with Gasteiger partial charge in [-0.05, 0) is 51.3 Å². The Morgan fingerprint density at radius 2 is 1.30 bits per heavy atom. The lowest BCUT2D eigenvalue weighted by Gasteiger charge is -2.36. The molecule has 0 radical (unpaired) electrons. The van der Waals surface area contributed by atoms with Gasteiger partial charge < -0.3 is 14.9 Å². The van der Waals surface area contributed by atoms with Crippen LogP contribution in [0.25, 0.3) is 0 Å². The second-order valence-electron chi connectivity index (χ2n) is 10.7. The Morgan fingerprint density at radius 3 is 1.73 bits per heavy atom. The minimum atomic E-state index is -1.40. The van der Waals surface area contributed by atoms with E-state index in [1.54, 1.807) is 26.2 Å². The first-order valence-electron chi connectivity index (χ1n) is 12.9. The van der Waals surface area contributed by atoms with Crippen LogP contribution in [0.5, 0.6) is 0 Å². The number of ether oxygens (including phenoxy) is 1. The highest BCUT2D eigenvalue weighted by Crippen LogP contribution is 2.40. The number of hydrogen-bond acceptors (Lipinski definition) is 8. The van der Waals surface area contributed by atoms with Gasteiger partial charge in [0, 0.05) is 5.38 Å². The molecule has 8 heteroatoms. The molecule has 0 unspecified atom stereocenters. The molecule has 0 atom stereocenters. The van der Waals surface area contributed by atoms with Gasteiger partial charge in [-0.1, -0.05) is 96.2 Å². The number of nitrogens with one attached hydrogen (secondary N) is 1. The van der Waals surface area contributed by atoms with Gasteiger partial charge in [0.05, 0.1) is 0 Å². The fourth-order valence-corrected chi connectivity index (χ4v) is 4.88. The highest BCUT2D eigenvalue weighted by atomic mass is 32.1. The van der Waals surface area contributed by atoms with Crippen molar-refractivity contribution in [2.75, 3.05) is 5.32 Å². The first-order chi connectivity index (χ1) is 19.0. The molecule has 0 aliphatic heterocycles. The Labute approximate surface area is 238 Å². The van der Waals surface area contributed by atoms with Gasteiger partial charge in [0.2, 0.25) is 5.60 Å². The number of esters is 1. The van der Waals surface area contributed by atoms with Gasteiger partial charge in [0.15, 0.2) is 17.1 Å². The van der Waals surface area contributed by atoms with E-state index in [1.807, 2.05) is 54.6 Å². The maximum atomic E-state index is 12.6. The second kappa shape index (κ2) is 11.8. The molecule has 7 nitrogen and oxygen atoms in total. The molecular weight excluding hydrogens is 522 g/mol. The van der Waals surface area contributed by atoms with Crippen LogP contribution < -0.4 is 5.32 Å². The van der Waals surface area contributed by atoms with Crippen LogP contribution in [0.2, 0.25) is 0 Å². The summed E-state index contributed by atoms with van der Waals surface area (Å²) in [6, 6.07) is 30.4. The van der Waals surface area contributed by atoms with E-state index in [0.29, 0.717) is 17.1 Å². The molecule has 0 aliphatic carbocycles. The molecule has 0 fully saturated rings. The third kappa shape index (κ3) is 6.46. The van der Waals surface area contributed by atoms with Crippen LogP contribution in [0, 0.1) is 0 Å². The fraction of sp³-hybridized carbons (Fsp3) is 0.250. The summed E-state index contributed by atoms with van der Waals surface area (Å²) in [7, 11) is 0. The van der Waals surface area contributed by atoms with Crippen LogP contribution in [0.1, 0.15) is 57.0 Å². The molecule has 0 amide bonds. The Bertz CT molecular complexity index is 1360. The van der Waals surface area contributed by atoms with Crippen LogP contribution in [-0.2, 0) is 24.7 Å². The molecule has 206 valence electrons. The number of aromatic nitrogens is 1. The van der Waals surface area contributed by atoms with E-state index in [9.17, 15) is 9.59 Å². The predicted molar refractivity (Wildman–Crippen MR) is 159 cm³/mol. The number of benzene rings is 3. The lowest BCUT2D eigenvalue weighted by molar-refractivity contribution is -0.179. The number of carbonyl (C=O) groups excluding carboxylic acids is 2. The third-order valence-corrected chi connectivity index (χ3v) is 6.81. The molecule has 0 bridgehead atoms. The zero-order valence-electron chi connectivity index (χ0n) is 23.3. The van der Waals surface area contributed by atoms with Crippen molar-refractivity contribution in [2.24, 2.45) is 5.16 Å². The normalized spacial score (nSPS) is 12.5. The topological polar surface area (TPSA) is 89.9 Å². The van der Waals surface area contributed by atoms with Crippen molar-refractivity contribution in [3.63, 3.8) is 0 Å². The minimum absolute atomic E-state index is 0.0364. The first kappa shape index (κ1) is 28.7. The Morgan fingerprint density at radius 1 is 0.825 bits per heavy atom. The van der Waals surface area contributed by atoms with Crippen molar-refractivity contribution < 1.29 is 19.2 Å². The molecule has 0 aliphatic rings. The number of rotatable bonds is 10. The molecule has 1 heterocycles. The summed E-state index contributed by atoms with van der Waals surface area (Å²) < 4.78 is 5.41. The second-order valence-corrected chi connectivity index (χ2v) is 11.6. The van der Waals surface area contributed by atoms with E-state index < -0.39 is 22.7 Å². The first-order valence-corrected chi connectivity index (χ1v) is 13.8. The maximum Gasteiger partial charge on any atom is 0.353 e. The Kier molecular flexibility index (Phi) is 8.49. The average molecular weight is 556 g/mol. The zero-order chi connectivity index (χ0) is 28.8. The van der Waals surface area contributed by atoms with Gasteiger partial charge in [0.1, 0.15) is 16.8 Å². The molecule has 4 aromatic rings. The smallest absolute Gasteiger partial charge is 0.353 e. The highest BCUT2D eigenvalue weighted by molar-refractivity contribution is 7.14. The van der Waals surface area contributed by atoms with Crippen LogP contribution >= 0.6 is 11.3 Å². The number of thiazole rings is 1. The maximum absolute atomic E-state index is 12.6. The molecule has 0 spiro atoms. The summed E-state index contributed by atoms with van der Waals surface area (Å²) >= 11 is 1.34. The lowest BCUT2D eigenvalue weighted by atomic mass is 9.77. The number of nitrogens with zero attached hydrogens (tertiary/aromatic N) is 2. The van der Waals surface area contributed by atoms with E-state index in [0.717, 1.165) is 16.7 Å². The minimum Gasteiger partial charge on any atom is -0.457 e. The Balaban J connectivity index is 1.71. The third-order valence-electron chi connectivity index (χ3n) is 6.06. The largest absolute Gasteiger partial charge is 0.457 e.